The molecular weight excluding hydrogens is 211 g/mol. The highest BCUT2D eigenvalue weighted by atomic mass is 32.1. The minimum Gasteiger partial charge on any atom is -0.375 e. The van der Waals surface area contributed by atoms with Crippen LogP contribution in [0.5, 0.6) is 0 Å². The summed E-state index contributed by atoms with van der Waals surface area (Å²) in [7, 11) is 0. The quantitative estimate of drug-likeness (QED) is 0.805. The van der Waals surface area contributed by atoms with Crippen molar-refractivity contribution < 1.29 is 4.39 Å². The van der Waals surface area contributed by atoms with E-state index in [0.29, 0.717) is 10.7 Å². The highest BCUT2D eigenvalue weighted by molar-refractivity contribution is 7.18. The molecule has 0 atom stereocenters. The van der Waals surface area contributed by atoms with Gasteiger partial charge < -0.3 is 5.73 Å². The first-order chi connectivity index (χ1) is 7.08. The lowest BCUT2D eigenvalue weighted by molar-refractivity contribution is 0.629. The first-order valence-corrected chi connectivity index (χ1v) is 5.38. The SMILES string of the molecule is Cc1cc(C)c(-c2cnc(N)s2)c(F)c1. The summed E-state index contributed by atoms with van der Waals surface area (Å²) < 4.78 is 13.7. The number of hydrogen-bond acceptors (Lipinski definition) is 3. The molecular formula is C11H11FN2S. The van der Waals surface area contributed by atoms with Gasteiger partial charge in [0.05, 0.1) is 4.88 Å². The number of nitrogens with zero attached hydrogens (tertiary/aromatic N) is 1. The fraction of sp³-hybridized carbons (Fsp3) is 0.182. The zero-order valence-corrected chi connectivity index (χ0v) is 9.36. The van der Waals surface area contributed by atoms with Gasteiger partial charge in [-0.3, -0.25) is 0 Å². The van der Waals surface area contributed by atoms with E-state index in [4.69, 9.17) is 5.73 Å². The minimum absolute atomic E-state index is 0.212. The van der Waals surface area contributed by atoms with Crippen molar-refractivity contribution in [2.45, 2.75) is 13.8 Å². The van der Waals surface area contributed by atoms with Gasteiger partial charge in [-0.1, -0.05) is 17.4 Å². The predicted molar refractivity (Wildman–Crippen MR) is 61.4 cm³/mol. The molecule has 0 aliphatic carbocycles. The first-order valence-electron chi connectivity index (χ1n) is 4.56. The molecule has 0 fully saturated rings. The second-order valence-corrected chi connectivity index (χ2v) is 4.56. The van der Waals surface area contributed by atoms with Crippen LogP contribution in [0, 0.1) is 19.7 Å². The number of hydrogen-bond donors (Lipinski definition) is 1. The van der Waals surface area contributed by atoms with Crippen LogP contribution < -0.4 is 5.73 Å². The lowest BCUT2D eigenvalue weighted by Gasteiger charge is -2.05. The molecule has 1 heterocycles. The summed E-state index contributed by atoms with van der Waals surface area (Å²) in [6, 6.07) is 3.48. The second-order valence-electron chi connectivity index (χ2n) is 3.50. The summed E-state index contributed by atoms with van der Waals surface area (Å²) in [6.07, 6.45) is 1.61. The van der Waals surface area contributed by atoms with Crippen LogP contribution in [0.4, 0.5) is 9.52 Å². The molecule has 2 rings (SSSR count). The van der Waals surface area contributed by atoms with E-state index >= 15 is 0 Å². The van der Waals surface area contributed by atoms with Crippen LogP contribution in [0.3, 0.4) is 0 Å². The van der Waals surface area contributed by atoms with Gasteiger partial charge in [0.25, 0.3) is 0 Å². The van der Waals surface area contributed by atoms with E-state index in [1.165, 1.54) is 17.4 Å². The lowest BCUT2D eigenvalue weighted by atomic mass is 10.0. The second kappa shape index (κ2) is 3.62. The Morgan fingerprint density at radius 2 is 2.07 bits per heavy atom. The normalized spacial score (nSPS) is 10.6. The monoisotopic (exact) mass is 222 g/mol. The number of anilines is 1. The van der Waals surface area contributed by atoms with E-state index in [-0.39, 0.29) is 5.82 Å². The molecule has 1 aromatic heterocycles. The maximum atomic E-state index is 13.7. The Kier molecular flexibility index (Phi) is 2.44. The van der Waals surface area contributed by atoms with Crippen LogP contribution in [0.1, 0.15) is 11.1 Å². The molecule has 1 aromatic carbocycles. The third kappa shape index (κ3) is 1.85. The molecule has 2 nitrogen and oxygen atoms in total. The van der Waals surface area contributed by atoms with Gasteiger partial charge in [0.2, 0.25) is 0 Å². The van der Waals surface area contributed by atoms with Crippen LogP contribution in [0.2, 0.25) is 0 Å². The molecule has 0 spiro atoms. The Labute approximate surface area is 91.6 Å². The number of benzene rings is 1. The van der Waals surface area contributed by atoms with Crippen molar-refractivity contribution in [2.75, 3.05) is 5.73 Å². The zero-order chi connectivity index (χ0) is 11.0. The molecule has 0 unspecified atom stereocenters. The Hall–Kier alpha value is -1.42. The Morgan fingerprint density at radius 3 is 2.60 bits per heavy atom. The number of rotatable bonds is 1. The number of nitrogen functional groups attached to an aromatic ring is 1. The number of aromatic nitrogens is 1. The Morgan fingerprint density at radius 1 is 1.33 bits per heavy atom. The highest BCUT2D eigenvalue weighted by Gasteiger charge is 2.11. The van der Waals surface area contributed by atoms with E-state index in [9.17, 15) is 4.39 Å². The summed E-state index contributed by atoms with van der Waals surface area (Å²) in [5.74, 6) is -0.212. The van der Waals surface area contributed by atoms with Gasteiger partial charge in [-0.15, -0.1) is 0 Å². The highest BCUT2D eigenvalue weighted by Crippen LogP contribution is 2.32. The lowest BCUT2D eigenvalue weighted by Crippen LogP contribution is -1.88. The summed E-state index contributed by atoms with van der Waals surface area (Å²) >= 11 is 1.30. The molecule has 2 N–H and O–H groups in total. The number of thiazole rings is 1. The third-order valence-electron chi connectivity index (χ3n) is 2.20. The van der Waals surface area contributed by atoms with E-state index in [0.717, 1.165) is 16.0 Å². The number of halogens is 1. The number of aryl methyl sites for hydroxylation is 2. The van der Waals surface area contributed by atoms with Crippen LogP contribution >= 0.6 is 11.3 Å². The molecule has 4 heteroatoms. The zero-order valence-electron chi connectivity index (χ0n) is 8.54. The smallest absolute Gasteiger partial charge is 0.180 e. The van der Waals surface area contributed by atoms with Crippen LogP contribution in [0.15, 0.2) is 18.3 Å². The fourth-order valence-electron chi connectivity index (χ4n) is 1.63. The van der Waals surface area contributed by atoms with Gasteiger partial charge in [-0.2, -0.15) is 0 Å². The van der Waals surface area contributed by atoms with E-state index < -0.39 is 0 Å². The van der Waals surface area contributed by atoms with Crippen LogP contribution in [-0.4, -0.2) is 4.98 Å². The van der Waals surface area contributed by atoms with Crippen LogP contribution in [0.25, 0.3) is 10.4 Å². The third-order valence-corrected chi connectivity index (χ3v) is 3.05. The molecule has 15 heavy (non-hydrogen) atoms. The Balaban J connectivity index is 2.62. The fourth-order valence-corrected chi connectivity index (χ4v) is 2.43. The van der Waals surface area contributed by atoms with Crippen molar-refractivity contribution in [2.24, 2.45) is 0 Å². The molecule has 78 valence electrons. The molecule has 0 amide bonds. The van der Waals surface area contributed by atoms with Crippen molar-refractivity contribution in [1.29, 1.82) is 0 Å². The van der Waals surface area contributed by atoms with Crippen molar-refractivity contribution >= 4 is 16.5 Å². The summed E-state index contributed by atoms with van der Waals surface area (Å²) in [6.45, 7) is 3.77. The van der Waals surface area contributed by atoms with Crippen LogP contribution in [-0.2, 0) is 0 Å². The first kappa shape index (κ1) is 10.1. The molecule has 0 aliphatic heterocycles. The summed E-state index contributed by atoms with van der Waals surface area (Å²) in [5.41, 5.74) is 7.97. The van der Waals surface area contributed by atoms with Gasteiger partial charge in [-0.05, 0) is 31.0 Å². The maximum absolute atomic E-state index is 13.7. The standard InChI is InChI=1S/C11H11FN2S/c1-6-3-7(2)10(8(12)4-6)9-5-14-11(13)15-9/h3-5H,1-2H3,(H2,13,14). The Bertz CT molecular complexity index is 482. The molecule has 0 aliphatic rings. The minimum atomic E-state index is -0.212. The molecule has 2 aromatic rings. The van der Waals surface area contributed by atoms with Gasteiger partial charge in [0.1, 0.15) is 5.82 Å². The molecule has 0 radical (unpaired) electrons. The summed E-state index contributed by atoms with van der Waals surface area (Å²) in [4.78, 5) is 4.71. The average Bonchev–Trinajstić information content (AvgIpc) is 2.49. The van der Waals surface area contributed by atoms with Crippen molar-refractivity contribution in [3.05, 3.63) is 35.3 Å². The van der Waals surface area contributed by atoms with Gasteiger partial charge in [0, 0.05) is 11.8 Å². The average molecular weight is 222 g/mol. The largest absolute Gasteiger partial charge is 0.375 e. The van der Waals surface area contributed by atoms with Crippen molar-refractivity contribution in [1.82, 2.24) is 4.98 Å². The maximum Gasteiger partial charge on any atom is 0.180 e. The van der Waals surface area contributed by atoms with E-state index in [2.05, 4.69) is 4.98 Å². The molecule has 0 saturated carbocycles. The number of nitrogens with two attached hydrogens (primary N) is 1. The van der Waals surface area contributed by atoms with Gasteiger partial charge in [0.15, 0.2) is 5.13 Å². The predicted octanol–water partition coefficient (Wildman–Crippen LogP) is 3.15. The van der Waals surface area contributed by atoms with E-state index in [1.807, 2.05) is 19.9 Å². The topological polar surface area (TPSA) is 38.9 Å². The molecule has 0 saturated heterocycles. The van der Waals surface area contributed by atoms with Crippen molar-refractivity contribution in [3.63, 3.8) is 0 Å². The van der Waals surface area contributed by atoms with Gasteiger partial charge >= 0.3 is 0 Å². The van der Waals surface area contributed by atoms with Crippen molar-refractivity contribution in [3.8, 4) is 10.4 Å². The summed E-state index contributed by atoms with van der Waals surface area (Å²) in [5, 5.41) is 0.462. The van der Waals surface area contributed by atoms with Gasteiger partial charge in [-0.25, -0.2) is 9.37 Å². The van der Waals surface area contributed by atoms with E-state index in [1.54, 1.807) is 6.20 Å². The molecule has 0 bridgehead atoms.